The van der Waals surface area contributed by atoms with Gasteiger partial charge in [0.2, 0.25) is 0 Å². The van der Waals surface area contributed by atoms with Gasteiger partial charge in [0.15, 0.2) is 5.82 Å². The Morgan fingerprint density at radius 1 is 1.33 bits per heavy atom. The zero-order valence-electron chi connectivity index (χ0n) is 13.0. The number of hydrogen-bond donors (Lipinski definition) is 2. The number of aryl methyl sites for hydroxylation is 2. The van der Waals surface area contributed by atoms with Crippen LogP contribution in [0.15, 0.2) is 6.07 Å². The number of carbonyl (C=O) groups is 1. The molecular weight excluding hydrogens is 264 g/mol. The number of urea groups is 1. The maximum Gasteiger partial charge on any atom is 0.320 e. The molecule has 1 fully saturated rings. The zero-order chi connectivity index (χ0) is 14.7. The second-order valence-corrected chi connectivity index (χ2v) is 6.57. The number of nitrogens with zero attached hydrogens (tertiary/aromatic N) is 2. The van der Waals surface area contributed by atoms with Crippen LogP contribution in [-0.4, -0.2) is 22.4 Å². The second-order valence-electron chi connectivity index (χ2n) is 6.57. The fourth-order valence-corrected chi connectivity index (χ4v) is 3.69. The van der Waals surface area contributed by atoms with Crippen molar-refractivity contribution in [3.05, 3.63) is 11.8 Å². The van der Waals surface area contributed by atoms with Gasteiger partial charge in [0, 0.05) is 24.8 Å². The molecule has 116 valence electrons. The highest BCUT2D eigenvalue weighted by molar-refractivity contribution is 5.88. The third-order valence-corrected chi connectivity index (χ3v) is 5.20. The molecule has 1 aliphatic heterocycles. The summed E-state index contributed by atoms with van der Waals surface area (Å²) in [5, 5.41) is 10.4. The van der Waals surface area contributed by atoms with Crippen LogP contribution in [0.5, 0.6) is 0 Å². The Bertz CT molecular complexity index is 479. The van der Waals surface area contributed by atoms with E-state index in [-0.39, 0.29) is 6.03 Å². The van der Waals surface area contributed by atoms with Crippen molar-refractivity contribution in [1.82, 2.24) is 15.1 Å². The lowest BCUT2D eigenvalue weighted by Gasteiger charge is -2.27. The molecular formula is C16H26N4O. The van der Waals surface area contributed by atoms with Gasteiger partial charge in [-0.2, -0.15) is 5.10 Å². The molecule has 1 aromatic rings. The van der Waals surface area contributed by atoms with Crippen molar-refractivity contribution in [3.63, 3.8) is 0 Å². The highest BCUT2D eigenvalue weighted by atomic mass is 16.2. The molecule has 2 amide bonds. The molecule has 0 bridgehead atoms. The lowest BCUT2D eigenvalue weighted by atomic mass is 9.83. The number of rotatable bonds is 4. The number of hydrogen-bond acceptors (Lipinski definition) is 2. The van der Waals surface area contributed by atoms with E-state index in [0.29, 0.717) is 11.2 Å². The van der Waals surface area contributed by atoms with Crippen molar-refractivity contribution in [2.75, 3.05) is 11.9 Å². The van der Waals surface area contributed by atoms with Crippen molar-refractivity contribution in [3.8, 4) is 0 Å². The van der Waals surface area contributed by atoms with E-state index in [4.69, 9.17) is 0 Å². The first-order valence-corrected chi connectivity index (χ1v) is 8.32. The minimum Gasteiger partial charge on any atom is -0.337 e. The first-order valence-electron chi connectivity index (χ1n) is 8.32. The van der Waals surface area contributed by atoms with Crippen LogP contribution >= 0.6 is 0 Å². The largest absolute Gasteiger partial charge is 0.337 e. The first-order chi connectivity index (χ1) is 10.2. The molecule has 1 saturated carbocycles. The summed E-state index contributed by atoms with van der Waals surface area (Å²) in [7, 11) is 0. The van der Waals surface area contributed by atoms with Gasteiger partial charge in [-0.3, -0.25) is 10.00 Å². The van der Waals surface area contributed by atoms with Gasteiger partial charge in [-0.1, -0.05) is 19.8 Å². The summed E-state index contributed by atoms with van der Waals surface area (Å²) in [6, 6.07) is 1.88. The number of anilines is 1. The number of fused-ring (bicyclic) bond motifs is 1. The molecule has 0 spiro atoms. The summed E-state index contributed by atoms with van der Waals surface area (Å²) >= 11 is 0. The second kappa shape index (κ2) is 6.08. The Kier molecular flexibility index (Phi) is 4.17. The van der Waals surface area contributed by atoms with Gasteiger partial charge >= 0.3 is 6.03 Å². The molecule has 0 unspecified atom stereocenters. The van der Waals surface area contributed by atoms with Crippen LogP contribution in [0.2, 0.25) is 0 Å². The first kappa shape index (κ1) is 14.4. The predicted octanol–water partition coefficient (Wildman–Crippen LogP) is 3.31. The molecule has 0 saturated heterocycles. The van der Waals surface area contributed by atoms with Crippen LogP contribution in [0.3, 0.4) is 0 Å². The lowest BCUT2D eigenvalue weighted by Crippen LogP contribution is -2.38. The monoisotopic (exact) mass is 290 g/mol. The quantitative estimate of drug-likeness (QED) is 0.893. The fourth-order valence-electron chi connectivity index (χ4n) is 3.69. The van der Waals surface area contributed by atoms with Crippen molar-refractivity contribution in [2.45, 2.75) is 64.8 Å². The zero-order valence-corrected chi connectivity index (χ0v) is 13.0. The molecule has 0 atom stereocenters. The van der Waals surface area contributed by atoms with Crippen LogP contribution in [0.1, 0.15) is 57.6 Å². The van der Waals surface area contributed by atoms with Crippen molar-refractivity contribution >= 4 is 11.8 Å². The summed E-state index contributed by atoms with van der Waals surface area (Å²) in [5.41, 5.74) is 1.56. The Hall–Kier alpha value is -1.52. The lowest BCUT2D eigenvalue weighted by molar-refractivity contribution is 0.234. The average Bonchev–Trinajstić information content (AvgIpc) is 3.12. The van der Waals surface area contributed by atoms with Crippen LogP contribution in [0, 0.1) is 5.41 Å². The molecule has 0 radical (unpaired) electrons. The fraction of sp³-hybridized carbons (Fsp3) is 0.750. The Morgan fingerprint density at radius 2 is 2.14 bits per heavy atom. The van der Waals surface area contributed by atoms with Crippen LogP contribution in [-0.2, 0) is 13.0 Å². The van der Waals surface area contributed by atoms with Crippen molar-refractivity contribution < 1.29 is 4.79 Å². The molecule has 1 aliphatic carbocycles. The van der Waals surface area contributed by atoms with Crippen molar-refractivity contribution in [2.24, 2.45) is 5.41 Å². The number of carbonyl (C=O) groups excluding carboxylic acids is 1. The van der Waals surface area contributed by atoms with Crippen LogP contribution < -0.4 is 10.6 Å². The molecule has 1 aromatic heterocycles. The number of amides is 2. The van der Waals surface area contributed by atoms with E-state index in [0.717, 1.165) is 25.9 Å². The normalized spacial score (nSPS) is 20.0. The van der Waals surface area contributed by atoms with Gasteiger partial charge in [-0.05, 0) is 43.9 Å². The van der Waals surface area contributed by atoms with Crippen molar-refractivity contribution in [1.29, 1.82) is 0 Å². The minimum atomic E-state index is -0.120. The Morgan fingerprint density at radius 3 is 2.86 bits per heavy atom. The highest BCUT2D eigenvalue weighted by Crippen LogP contribution is 2.40. The summed E-state index contributed by atoms with van der Waals surface area (Å²) in [4.78, 5) is 12.1. The van der Waals surface area contributed by atoms with E-state index in [2.05, 4.69) is 22.7 Å². The Balaban J connectivity index is 1.53. The predicted molar refractivity (Wildman–Crippen MR) is 83.4 cm³/mol. The number of nitrogens with one attached hydrogen (secondary N) is 2. The van der Waals surface area contributed by atoms with E-state index in [1.165, 1.54) is 44.2 Å². The summed E-state index contributed by atoms with van der Waals surface area (Å²) in [5.74, 6) is 0.682. The maximum absolute atomic E-state index is 12.1. The number of aromatic nitrogens is 2. The molecule has 2 N–H and O–H groups in total. The maximum atomic E-state index is 12.1. The van der Waals surface area contributed by atoms with Crippen LogP contribution in [0.25, 0.3) is 0 Å². The van der Waals surface area contributed by atoms with Gasteiger partial charge in [0.1, 0.15) is 0 Å². The van der Waals surface area contributed by atoms with Gasteiger partial charge in [0.25, 0.3) is 0 Å². The van der Waals surface area contributed by atoms with Gasteiger partial charge in [-0.15, -0.1) is 0 Å². The molecule has 21 heavy (non-hydrogen) atoms. The molecule has 0 aromatic carbocycles. The van der Waals surface area contributed by atoms with Crippen LogP contribution in [0.4, 0.5) is 10.6 Å². The smallest absolute Gasteiger partial charge is 0.320 e. The Labute approximate surface area is 126 Å². The van der Waals surface area contributed by atoms with Gasteiger partial charge in [-0.25, -0.2) is 4.79 Å². The van der Waals surface area contributed by atoms with E-state index < -0.39 is 0 Å². The topological polar surface area (TPSA) is 59.0 Å². The van der Waals surface area contributed by atoms with E-state index in [1.807, 2.05) is 10.7 Å². The standard InChI is InChI=1S/C16H26N4O/c1-2-16(8-4-5-9-16)12-17-15(21)18-14-11-13-7-3-6-10-20(13)19-14/h11H,2-10,12H2,1H3,(H2,17,18,19,21). The van der Waals surface area contributed by atoms with Gasteiger partial charge < -0.3 is 5.32 Å². The molecule has 2 heterocycles. The molecule has 3 rings (SSSR count). The highest BCUT2D eigenvalue weighted by Gasteiger charge is 2.32. The SMILES string of the molecule is CCC1(CNC(=O)Nc2cc3n(n2)CCCC3)CCCC1. The third kappa shape index (κ3) is 3.22. The van der Waals surface area contributed by atoms with Gasteiger partial charge in [0.05, 0.1) is 0 Å². The van der Waals surface area contributed by atoms with E-state index in [1.54, 1.807) is 0 Å². The van der Waals surface area contributed by atoms with E-state index in [9.17, 15) is 4.79 Å². The third-order valence-electron chi connectivity index (χ3n) is 5.20. The molecule has 2 aliphatic rings. The molecule has 5 heteroatoms. The average molecular weight is 290 g/mol. The summed E-state index contributed by atoms with van der Waals surface area (Å²) in [6.45, 7) is 3.98. The van der Waals surface area contributed by atoms with E-state index >= 15 is 0 Å². The summed E-state index contributed by atoms with van der Waals surface area (Å²) in [6.07, 6.45) is 9.68. The summed E-state index contributed by atoms with van der Waals surface area (Å²) < 4.78 is 2.02. The minimum absolute atomic E-state index is 0.120. The molecule has 5 nitrogen and oxygen atoms in total.